The maximum atomic E-state index is 13.3. The van der Waals surface area contributed by atoms with Gasteiger partial charge in [0, 0.05) is 18.5 Å². The van der Waals surface area contributed by atoms with Crippen LogP contribution in [0.4, 0.5) is 4.79 Å². The summed E-state index contributed by atoms with van der Waals surface area (Å²) >= 11 is 0. The highest BCUT2D eigenvalue weighted by molar-refractivity contribution is 5.73. The van der Waals surface area contributed by atoms with Gasteiger partial charge in [-0.25, -0.2) is 4.79 Å². The van der Waals surface area contributed by atoms with Gasteiger partial charge >= 0.3 is 12.1 Å². The molecule has 5 nitrogen and oxygen atoms in total. The SMILES string of the molecule is CC(C)(C)OC(=O)CC1(c2ccccc2)CCN(C(=O)OC2C3CC4CC(C3)CC2C4)C1. The summed E-state index contributed by atoms with van der Waals surface area (Å²) in [6.07, 6.45) is 7.24. The molecular weight excluding hydrogens is 402 g/mol. The third kappa shape index (κ3) is 4.27. The fourth-order valence-electron chi connectivity index (χ4n) is 7.21. The van der Waals surface area contributed by atoms with Crippen molar-refractivity contribution in [1.29, 1.82) is 0 Å². The Morgan fingerprint density at radius 3 is 2.22 bits per heavy atom. The second kappa shape index (κ2) is 8.07. The predicted molar refractivity (Wildman–Crippen MR) is 122 cm³/mol. The van der Waals surface area contributed by atoms with E-state index < -0.39 is 11.0 Å². The molecule has 1 aromatic carbocycles. The van der Waals surface area contributed by atoms with Crippen LogP contribution in [0.2, 0.25) is 0 Å². The second-order valence-electron chi connectivity index (χ2n) is 11.9. The van der Waals surface area contributed by atoms with Crippen molar-refractivity contribution in [2.24, 2.45) is 23.7 Å². The molecule has 1 amide bonds. The molecule has 0 spiro atoms. The minimum atomic E-state index is -0.522. The minimum Gasteiger partial charge on any atom is -0.460 e. The lowest BCUT2D eigenvalue weighted by molar-refractivity contribution is -0.156. The molecule has 1 aromatic rings. The van der Waals surface area contributed by atoms with Gasteiger partial charge in [-0.15, -0.1) is 0 Å². The Hall–Kier alpha value is -2.04. The summed E-state index contributed by atoms with van der Waals surface area (Å²) in [7, 11) is 0. The van der Waals surface area contributed by atoms with Crippen LogP contribution in [0.3, 0.4) is 0 Å². The molecule has 4 aliphatic carbocycles. The van der Waals surface area contributed by atoms with E-state index in [2.05, 4.69) is 12.1 Å². The fourth-order valence-corrected chi connectivity index (χ4v) is 7.21. The summed E-state index contributed by atoms with van der Waals surface area (Å²) in [5, 5.41) is 0. The number of ether oxygens (including phenoxy) is 2. The van der Waals surface area contributed by atoms with Crippen molar-refractivity contribution in [3.05, 3.63) is 35.9 Å². The van der Waals surface area contributed by atoms with E-state index >= 15 is 0 Å². The van der Waals surface area contributed by atoms with Gasteiger partial charge in [0.1, 0.15) is 11.7 Å². The van der Waals surface area contributed by atoms with E-state index in [1.807, 2.05) is 43.9 Å². The lowest BCUT2D eigenvalue weighted by Gasteiger charge is -2.53. The van der Waals surface area contributed by atoms with Crippen LogP contribution in [0.1, 0.15) is 71.3 Å². The van der Waals surface area contributed by atoms with E-state index in [4.69, 9.17) is 9.47 Å². The molecular formula is C27H37NO4. The molecule has 1 unspecified atom stereocenters. The number of carbonyl (C=O) groups is 2. The van der Waals surface area contributed by atoms with Gasteiger partial charge in [-0.1, -0.05) is 30.3 Å². The first kappa shape index (κ1) is 21.8. The number of nitrogens with zero attached hydrogens (tertiary/aromatic N) is 1. The van der Waals surface area contributed by atoms with Gasteiger partial charge in [0.05, 0.1) is 6.42 Å². The van der Waals surface area contributed by atoms with Crippen molar-refractivity contribution in [2.45, 2.75) is 82.8 Å². The van der Waals surface area contributed by atoms with Crippen LogP contribution in [-0.2, 0) is 19.7 Å². The number of hydrogen-bond donors (Lipinski definition) is 0. The van der Waals surface area contributed by atoms with Crippen LogP contribution in [-0.4, -0.2) is 41.8 Å². The van der Waals surface area contributed by atoms with Gasteiger partial charge in [-0.05, 0) is 88.5 Å². The van der Waals surface area contributed by atoms with Gasteiger partial charge in [-0.3, -0.25) is 4.79 Å². The molecule has 1 aliphatic heterocycles. The molecule has 5 fully saturated rings. The predicted octanol–water partition coefficient (Wildman–Crippen LogP) is 5.32. The summed E-state index contributed by atoms with van der Waals surface area (Å²) in [4.78, 5) is 27.9. The average molecular weight is 440 g/mol. The second-order valence-corrected chi connectivity index (χ2v) is 11.9. The average Bonchev–Trinajstić information content (AvgIpc) is 3.14. The van der Waals surface area contributed by atoms with Crippen LogP contribution in [0.15, 0.2) is 30.3 Å². The summed E-state index contributed by atoms with van der Waals surface area (Å²) < 4.78 is 11.9. The lowest BCUT2D eigenvalue weighted by atomic mass is 9.55. The van der Waals surface area contributed by atoms with Crippen molar-refractivity contribution < 1.29 is 19.1 Å². The Labute approximate surface area is 191 Å². The third-order valence-corrected chi connectivity index (χ3v) is 8.28. The highest BCUT2D eigenvalue weighted by Gasteiger charge is 2.51. The van der Waals surface area contributed by atoms with Crippen molar-refractivity contribution in [3.63, 3.8) is 0 Å². The molecule has 174 valence electrons. The van der Waals surface area contributed by atoms with Gasteiger partial charge in [0.15, 0.2) is 0 Å². The van der Waals surface area contributed by atoms with Gasteiger partial charge < -0.3 is 14.4 Å². The Kier molecular flexibility index (Phi) is 5.50. The zero-order valence-electron chi connectivity index (χ0n) is 19.7. The molecule has 1 atom stereocenters. The lowest BCUT2D eigenvalue weighted by Crippen LogP contribution is -2.51. The summed E-state index contributed by atoms with van der Waals surface area (Å²) in [5.41, 5.74) is 0.147. The highest BCUT2D eigenvalue weighted by atomic mass is 16.6. The van der Waals surface area contributed by atoms with E-state index in [9.17, 15) is 9.59 Å². The van der Waals surface area contributed by atoms with Crippen LogP contribution in [0.25, 0.3) is 0 Å². The standard InChI is InChI=1S/C27H37NO4/c1-26(2,3)32-23(29)16-27(22-7-5-4-6-8-22)9-10-28(17-27)25(30)31-24-20-12-18-11-19(14-20)15-21(24)13-18/h4-8,18-21,24H,9-17H2,1-3H3. The van der Waals surface area contributed by atoms with Crippen LogP contribution >= 0.6 is 0 Å². The van der Waals surface area contributed by atoms with Crippen molar-refractivity contribution in [2.75, 3.05) is 13.1 Å². The molecule has 0 radical (unpaired) electrons. The number of hydrogen-bond acceptors (Lipinski definition) is 4. The largest absolute Gasteiger partial charge is 0.460 e. The van der Waals surface area contributed by atoms with E-state index in [0.29, 0.717) is 24.9 Å². The Bertz CT molecular complexity index is 832. The molecule has 5 aliphatic rings. The summed E-state index contributed by atoms with van der Waals surface area (Å²) in [6, 6.07) is 10.1. The maximum Gasteiger partial charge on any atom is 0.410 e. The Balaban J connectivity index is 1.29. The molecule has 4 bridgehead atoms. The normalized spacial score (nSPS) is 35.7. The molecule has 6 rings (SSSR count). The zero-order chi connectivity index (χ0) is 22.5. The van der Waals surface area contributed by atoms with Gasteiger partial charge in [0.25, 0.3) is 0 Å². The summed E-state index contributed by atoms with van der Waals surface area (Å²) in [5.74, 6) is 2.62. The maximum absolute atomic E-state index is 13.3. The molecule has 1 saturated heterocycles. The monoisotopic (exact) mass is 439 g/mol. The van der Waals surface area contributed by atoms with Crippen molar-refractivity contribution in [1.82, 2.24) is 4.90 Å². The first-order valence-corrected chi connectivity index (χ1v) is 12.4. The van der Waals surface area contributed by atoms with Crippen LogP contribution in [0.5, 0.6) is 0 Å². The number of benzene rings is 1. The molecule has 1 heterocycles. The first-order chi connectivity index (χ1) is 15.2. The van der Waals surface area contributed by atoms with Crippen molar-refractivity contribution in [3.8, 4) is 0 Å². The van der Waals surface area contributed by atoms with Gasteiger partial charge in [0.2, 0.25) is 0 Å². The topological polar surface area (TPSA) is 55.8 Å². The fraction of sp³-hybridized carbons (Fsp3) is 0.704. The number of carbonyl (C=O) groups excluding carboxylic acids is 2. The van der Waals surface area contributed by atoms with E-state index in [-0.39, 0.29) is 24.6 Å². The van der Waals surface area contributed by atoms with E-state index in [1.54, 1.807) is 0 Å². The number of rotatable bonds is 4. The summed E-state index contributed by atoms with van der Waals surface area (Å²) in [6.45, 7) is 6.79. The molecule has 4 saturated carbocycles. The van der Waals surface area contributed by atoms with E-state index in [0.717, 1.165) is 23.8 Å². The Morgan fingerprint density at radius 1 is 1.00 bits per heavy atom. The molecule has 0 aromatic heterocycles. The van der Waals surface area contributed by atoms with Gasteiger partial charge in [-0.2, -0.15) is 0 Å². The van der Waals surface area contributed by atoms with E-state index in [1.165, 1.54) is 32.1 Å². The number of likely N-dealkylation sites (tertiary alicyclic amines) is 1. The quantitative estimate of drug-likeness (QED) is 0.596. The van der Waals surface area contributed by atoms with Crippen molar-refractivity contribution >= 4 is 12.1 Å². The smallest absolute Gasteiger partial charge is 0.410 e. The minimum absolute atomic E-state index is 0.0906. The number of amides is 1. The zero-order valence-corrected chi connectivity index (χ0v) is 19.7. The molecule has 0 N–H and O–H groups in total. The highest BCUT2D eigenvalue weighted by Crippen LogP contribution is 2.54. The molecule has 5 heteroatoms. The Morgan fingerprint density at radius 2 is 1.62 bits per heavy atom. The number of esters is 1. The third-order valence-electron chi connectivity index (χ3n) is 8.28. The molecule has 32 heavy (non-hydrogen) atoms. The van der Waals surface area contributed by atoms with Crippen LogP contribution in [0, 0.1) is 23.7 Å². The first-order valence-electron chi connectivity index (χ1n) is 12.4. The van der Waals surface area contributed by atoms with Crippen LogP contribution < -0.4 is 0 Å².